The van der Waals surface area contributed by atoms with Gasteiger partial charge in [-0.1, -0.05) is 26.7 Å². The van der Waals surface area contributed by atoms with Crippen LogP contribution in [0.2, 0.25) is 0 Å². The first-order chi connectivity index (χ1) is 12.5. The van der Waals surface area contributed by atoms with E-state index in [1.165, 1.54) is 12.8 Å². The van der Waals surface area contributed by atoms with Gasteiger partial charge in [-0.2, -0.15) is 0 Å². The predicted molar refractivity (Wildman–Crippen MR) is 99.2 cm³/mol. The van der Waals surface area contributed by atoms with Crippen LogP contribution in [0, 0.1) is 5.92 Å². The normalized spacial score (nSPS) is 15.0. The minimum Gasteiger partial charge on any atom is -0.337 e. The molecule has 0 saturated carbocycles. The van der Waals surface area contributed by atoms with E-state index in [0.717, 1.165) is 25.9 Å². The van der Waals surface area contributed by atoms with Crippen molar-refractivity contribution in [1.29, 1.82) is 0 Å². The largest absolute Gasteiger partial charge is 0.337 e. The highest BCUT2D eigenvalue weighted by Crippen LogP contribution is 2.15. The summed E-state index contributed by atoms with van der Waals surface area (Å²) >= 11 is 0. The average molecular weight is 355 g/mol. The van der Waals surface area contributed by atoms with Crippen molar-refractivity contribution in [2.45, 2.75) is 39.5 Å². The molecule has 0 aromatic carbocycles. The minimum atomic E-state index is -0.0871. The second-order valence-electron chi connectivity index (χ2n) is 6.92. The van der Waals surface area contributed by atoms with E-state index in [1.807, 2.05) is 18.7 Å². The number of nitrogens with one attached hydrogen (secondary N) is 1. The molecule has 26 heavy (non-hydrogen) atoms. The monoisotopic (exact) mass is 355 g/mol. The molecule has 2 aromatic rings. The SMILES string of the molecule is CC(C)C(=O)Nc1ccc(-n2cnc(C(=O)N3CCCCCC3)c2)nc1. The number of imidazole rings is 1. The number of hydrogen-bond acceptors (Lipinski definition) is 4. The molecule has 1 fully saturated rings. The van der Waals surface area contributed by atoms with Crippen LogP contribution in [0.3, 0.4) is 0 Å². The molecule has 7 heteroatoms. The molecule has 7 nitrogen and oxygen atoms in total. The van der Waals surface area contributed by atoms with Crippen LogP contribution in [0.25, 0.3) is 5.82 Å². The van der Waals surface area contributed by atoms with Crippen LogP contribution >= 0.6 is 0 Å². The van der Waals surface area contributed by atoms with Gasteiger partial charge in [0.2, 0.25) is 5.91 Å². The lowest BCUT2D eigenvalue weighted by Crippen LogP contribution is -2.32. The van der Waals surface area contributed by atoms with E-state index in [4.69, 9.17) is 0 Å². The summed E-state index contributed by atoms with van der Waals surface area (Å²) in [4.78, 5) is 34.8. The molecule has 0 bridgehead atoms. The summed E-state index contributed by atoms with van der Waals surface area (Å²) in [6.07, 6.45) is 9.38. The number of amides is 2. The number of anilines is 1. The molecule has 3 heterocycles. The van der Waals surface area contributed by atoms with Crippen LogP contribution in [-0.4, -0.2) is 44.3 Å². The lowest BCUT2D eigenvalue weighted by Gasteiger charge is -2.18. The van der Waals surface area contributed by atoms with Gasteiger partial charge in [0.25, 0.3) is 5.91 Å². The first kappa shape index (κ1) is 18.1. The summed E-state index contributed by atoms with van der Waals surface area (Å²) in [6, 6.07) is 3.58. The molecule has 0 radical (unpaired) electrons. The summed E-state index contributed by atoms with van der Waals surface area (Å²) in [6.45, 7) is 5.28. The average Bonchev–Trinajstić information content (AvgIpc) is 2.97. The number of likely N-dealkylation sites (tertiary alicyclic amines) is 1. The number of carbonyl (C=O) groups excluding carboxylic acids is 2. The lowest BCUT2D eigenvalue weighted by molar-refractivity contribution is -0.118. The van der Waals surface area contributed by atoms with Crippen LogP contribution in [-0.2, 0) is 4.79 Å². The van der Waals surface area contributed by atoms with Crippen LogP contribution < -0.4 is 5.32 Å². The van der Waals surface area contributed by atoms with Gasteiger partial charge >= 0.3 is 0 Å². The molecule has 1 N–H and O–H groups in total. The van der Waals surface area contributed by atoms with E-state index < -0.39 is 0 Å². The van der Waals surface area contributed by atoms with Crippen molar-refractivity contribution in [3.8, 4) is 5.82 Å². The zero-order valence-corrected chi connectivity index (χ0v) is 15.3. The number of pyridine rings is 1. The first-order valence-electron chi connectivity index (χ1n) is 9.15. The fraction of sp³-hybridized carbons (Fsp3) is 0.474. The third kappa shape index (κ3) is 4.28. The Labute approximate surface area is 153 Å². The molecular weight excluding hydrogens is 330 g/mol. The third-order valence-electron chi connectivity index (χ3n) is 4.50. The molecule has 0 spiro atoms. The van der Waals surface area contributed by atoms with Gasteiger partial charge in [0.1, 0.15) is 17.8 Å². The Hall–Kier alpha value is -2.70. The van der Waals surface area contributed by atoms with Crippen molar-refractivity contribution in [2.75, 3.05) is 18.4 Å². The van der Waals surface area contributed by atoms with E-state index in [0.29, 0.717) is 17.2 Å². The van der Waals surface area contributed by atoms with Crippen molar-refractivity contribution in [3.63, 3.8) is 0 Å². The Morgan fingerprint density at radius 3 is 2.42 bits per heavy atom. The zero-order valence-electron chi connectivity index (χ0n) is 15.3. The number of hydrogen-bond donors (Lipinski definition) is 1. The van der Waals surface area contributed by atoms with E-state index in [-0.39, 0.29) is 17.7 Å². The van der Waals surface area contributed by atoms with E-state index in [2.05, 4.69) is 15.3 Å². The highest BCUT2D eigenvalue weighted by molar-refractivity contribution is 5.92. The molecule has 3 rings (SSSR count). The number of aromatic nitrogens is 3. The molecule has 0 unspecified atom stereocenters. The summed E-state index contributed by atoms with van der Waals surface area (Å²) in [5.41, 5.74) is 1.08. The lowest BCUT2D eigenvalue weighted by atomic mass is 10.2. The fourth-order valence-electron chi connectivity index (χ4n) is 2.89. The number of carbonyl (C=O) groups is 2. The van der Waals surface area contributed by atoms with Crippen molar-refractivity contribution < 1.29 is 9.59 Å². The predicted octanol–water partition coefficient (Wildman–Crippen LogP) is 2.88. The van der Waals surface area contributed by atoms with Gasteiger partial charge in [0.05, 0.1) is 11.9 Å². The van der Waals surface area contributed by atoms with Crippen LogP contribution in [0.5, 0.6) is 0 Å². The fourth-order valence-corrected chi connectivity index (χ4v) is 2.89. The van der Waals surface area contributed by atoms with E-state index in [1.54, 1.807) is 35.4 Å². The Bertz CT molecular complexity index is 758. The van der Waals surface area contributed by atoms with Crippen LogP contribution in [0.4, 0.5) is 5.69 Å². The highest BCUT2D eigenvalue weighted by Gasteiger charge is 2.19. The molecule has 1 aliphatic rings. The standard InChI is InChI=1S/C19H25N5O2/c1-14(2)18(25)22-15-7-8-17(20-11-15)24-12-16(21-13-24)19(26)23-9-5-3-4-6-10-23/h7-8,11-14H,3-6,9-10H2,1-2H3,(H,22,25). The summed E-state index contributed by atoms with van der Waals surface area (Å²) in [5, 5.41) is 2.81. The van der Waals surface area contributed by atoms with Gasteiger partial charge in [-0.3, -0.25) is 14.2 Å². The van der Waals surface area contributed by atoms with Crippen molar-refractivity contribution in [1.82, 2.24) is 19.4 Å². The summed E-state index contributed by atoms with van der Waals surface area (Å²) in [5.74, 6) is 0.491. The van der Waals surface area contributed by atoms with Gasteiger partial charge in [-0.05, 0) is 25.0 Å². The summed E-state index contributed by atoms with van der Waals surface area (Å²) < 4.78 is 1.72. The van der Waals surface area contributed by atoms with E-state index >= 15 is 0 Å². The highest BCUT2D eigenvalue weighted by atomic mass is 16.2. The van der Waals surface area contributed by atoms with Gasteiger partial charge < -0.3 is 10.2 Å². The van der Waals surface area contributed by atoms with Crippen LogP contribution in [0.1, 0.15) is 50.0 Å². The van der Waals surface area contributed by atoms with Gasteiger partial charge in [-0.15, -0.1) is 0 Å². The minimum absolute atomic E-state index is 0.0218. The molecule has 0 aliphatic carbocycles. The van der Waals surface area contributed by atoms with Crippen molar-refractivity contribution >= 4 is 17.5 Å². The maximum absolute atomic E-state index is 12.6. The van der Waals surface area contributed by atoms with Gasteiger partial charge in [0.15, 0.2) is 0 Å². The molecule has 1 saturated heterocycles. The Morgan fingerprint density at radius 2 is 1.81 bits per heavy atom. The van der Waals surface area contributed by atoms with Gasteiger partial charge in [0, 0.05) is 25.2 Å². The number of nitrogens with zero attached hydrogens (tertiary/aromatic N) is 4. The Morgan fingerprint density at radius 1 is 1.08 bits per heavy atom. The van der Waals surface area contributed by atoms with Gasteiger partial charge in [-0.25, -0.2) is 9.97 Å². The first-order valence-corrected chi connectivity index (χ1v) is 9.15. The maximum Gasteiger partial charge on any atom is 0.274 e. The third-order valence-corrected chi connectivity index (χ3v) is 4.50. The van der Waals surface area contributed by atoms with E-state index in [9.17, 15) is 9.59 Å². The topological polar surface area (TPSA) is 80.1 Å². The smallest absolute Gasteiger partial charge is 0.274 e. The molecule has 1 aliphatic heterocycles. The van der Waals surface area contributed by atoms with Crippen molar-refractivity contribution in [3.05, 3.63) is 36.5 Å². The molecule has 2 aromatic heterocycles. The molecule has 0 atom stereocenters. The molecular formula is C19H25N5O2. The molecule has 2 amide bonds. The van der Waals surface area contributed by atoms with Crippen molar-refractivity contribution in [2.24, 2.45) is 5.92 Å². The second kappa shape index (κ2) is 8.12. The molecule has 138 valence electrons. The Kier molecular flexibility index (Phi) is 5.65. The second-order valence-corrected chi connectivity index (χ2v) is 6.92. The Balaban J connectivity index is 1.69. The number of rotatable bonds is 4. The zero-order chi connectivity index (χ0) is 18.5. The quantitative estimate of drug-likeness (QED) is 0.914. The maximum atomic E-state index is 12.6. The van der Waals surface area contributed by atoms with Crippen LogP contribution in [0.15, 0.2) is 30.9 Å². The summed E-state index contributed by atoms with van der Waals surface area (Å²) in [7, 11) is 0.